The number of anilines is 1. The van der Waals surface area contributed by atoms with Crippen molar-refractivity contribution >= 4 is 17.3 Å². The zero-order chi connectivity index (χ0) is 18.2. The second kappa shape index (κ2) is 9.36. The van der Waals surface area contributed by atoms with Gasteiger partial charge in [0, 0.05) is 43.4 Å². The molecule has 1 aliphatic rings. The van der Waals surface area contributed by atoms with Crippen LogP contribution in [0.25, 0.3) is 0 Å². The van der Waals surface area contributed by atoms with Crippen molar-refractivity contribution in [1.82, 2.24) is 10.2 Å². The number of amides is 1. The van der Waals surface area contributed by atoms with Gasteiger partial charge in [-0.2, -0.15) is 0 Å². The lowest BCUT2D eigenvalue weighted by Crippen LogP contribution is -2.42. The minimum Gasteiger partial charge on any atom is -0.383 e. The van der Waals surface area contributed by atoms with Crippen LogP contribution in [-0.4, -0.2) is 48.5 Å². The van der Waals surface area contributed by atoms with Crippen LogP contribution in [0, 0.1) is 22.0 Å². The Kier molecular flexibility index (Phi) is 7.18. The van der Waals surface area contributed by atoms with Crippen LogP contribution < -0.4 is 10.6 Å². The minimum atomic E-state index is -0.420. The van der Waals surface area contributed by atoms with Gasteiger partial charge in [0.1, 0.15) is 0 Å². The molecule has 1 heterocycles. The predicted octanol–water partition coefficient (Wildman–Crippen LogP) is 2.49. The van der Waals surface area contributed by atoms with E-state index in [4.69, 9.17) is 0 Å². The van der Waals surface area contributed by atoms with E-state index in [0.29, 0.717) is 19.0 Å². The molecule has 1 amide bonds. The number of rotatable bonds is 8. The summed E-state index contributed by atoms with van der Waals surface area (Å²) in [5.74, 6) is 0.911. The van der Waals surface area contributed by atoms with Crippen LogP contribution in [0.2, 0.25) is 0 Å². The van der Waals surface area contributed by atoms with Crippen molar-refractivity contribution in [2.24, 2.45) is 11.8 Å². The van der Waals surface area contributed by atoms with E-state index in [0.717, 1.165) is 38.2 Å². The highest BCUT2D eigenvalue weighted by atomic mass is 16.6. The summed E-state index contributed by atoms with van der Waals surface area (Å²) in [6.45, 7) is 8.67. The molecule has 138 valence electrons. The quantitative estimate of drug-likeness (QED) is 0.428. The molecule has 1 aromatic rings. The number of hydrogen-bond acceptors (Lipinski definition) is 5. The third-order valence-electron chi connectivity index (χ3n) is 4.41. The van der Waals surface area contributed by atoms with Crippen LogP contribution in [0.15, 0.2) is 24.3 Å². The van der Waals surface area contributed by atoms with E-state index in [1.165, 1.54) is 12.1 Å². The normalized spacial score (nSPS) is 16.0. The maximum atomic E-state index is 12.2. The van der Waals surface area contributed by atoms with Crippen LogP contribution in [0.1, 0.15) is 26.7 Å². The molecule has 1 aliphatic heterocycles. The first-order chi connectivity index (χ1) is 12.0. The Balaban J connectivity index is 1.63. The Morgan fingerprint density at radius 2 is 1.88 bits per heavy atom. The molecule has 0 bridgehead atoms. The molecule has 0 aliphatic carbocycles. The molecular formula is C18H28N4O3. The molecule has 1 aromatic carbocycles. The molecule has 0 spiro atoms. The SMILES string of the molecule is CC(C)CN1CCC(C(=O)NCCNc2ccc([N+](=O)[O-])cc2)CC1. The summed E-state index contributed by atoms with van der Waals surface area (Å²) in [4.78, 5) is 24.8. The first kappa shape index (κ1) is 19.2. The first-order valence-corrected chi connectivity index (χ1v) is 8.94. The van der Waals surface area contributed by atoms with Crippen LogP contribution in [0.4, 0.5) is 11.4 Å². The van der Waals surface area contributed by atoms with E-state index in [9.17, 15) is 14.9 Å². The van der Waals surface area contributed by atoms with Crippen molar-refractivity contribution in [3.63, 3.8) is 0 Å². The second-order valence-corrected chi connectivity index (χ2v) is 6.99. The van der Waals surface area contributed by atoms with Gasteiger partial charge in [-0.05, 0) is 44.0 Å². The molecule has 0 unspecified atom stereocenters. The Morgan fingerprint density at radius 3 is 2.44 bits per heavy atom. The lowest BCUT2D eigenvalue weighted by molar-refractivity contribution is -0.384. The van der Waals surface area contributed by atoms with Crippen molar-refractivity contribution in [2.75, 3.05) is 38.0 Å². The van der Waals surface area contributed by atoms with E-state index in [2.05, 4.69) is 29.4 Å². The van der Waals surface area contributed by atoms with Gasteiger partial charge in [-0.1, -0.05) is 13.8 Å². The smallest absolute Gasteiger partial charge is 0.269 e. The van der Waals surface area contributed by atoms with E-state index in [1.54, 1.807) is 12.1 Å². The number of nitrogens with zero attached hydrogens (tertiary/aromatic N) is 2. The van der Waals surface area contributed by atoms with Crippen molar-refractivity contribution < 1.29 is 9.72 Å². The molecule has 0 atom stereocenters. The molecule has 2 rings (SSSR count). The number of non-ortho nitro benzene ring substituents is 1. The molecule has 1 fully saturated rings. The Labute approximate surface area is 148 Å². The van der Waals surface area contributed by atoms with Gasteiger partial charge < -0.3 is 15.5 Å². The third-order valence-corrected chi connectivity index (χ3v) is 4.41. The van der Waals surface area contributed by atoms with E-state index < -0.39 is 4.92 Å². The van der Waals surface area contributed by atoms with Crippen molar-refractivity contribution in [1.29, 1.82) is 0 Å². The average molecular weight is 348 g/mol. The van der Waals surface area contributed by atoms with Gasteiger partial charge >= 0.3 is 0 Å². The van der Waals surface area contributed by atoms with Gasteiger partial charge in [0.05, 0.1) is 4.92 Å². The fourth-order valence-corrected chi connectivity index (χ4v) is 3.13. The van der Waals surface area contributed by atoms with Crippen LogP contribution in [0.5, 0.6) is 0 Å². The zero-order valence-electron chi connectivity index (χ0n) is 15.0. The number of nitrogens with one attached hydrogen (secondary N) is 2. The maximum absolute atomic E-state index is 12.2. The molecular weight excluding hydrogens is 320 g/mol. The highest BCUT2D eigenvalue weighted by molar-refractivity contribution is 5.78. The lowest BCUT2D eigenvalue weighted by atomic mass is 9.95. The number of piperidine rings is 1. The average Bonchev–Trinajstić information content (AvgIpc) is 2.59. The van der Waals surface area contributed by atoms with Gasteiger partial charge in [-0.3, -0.25) is 14.9 Å². The summed E-state index contributed by atoms with van der Waals surface area (Å²) < 4.78 is 0. The van der Waals surface area contributed by atoms with Crippen LogP contribution in [0.3, 0.4) is 0 Å². The number of hydrogen-bond donors (Lipinski definition) is 2. The number of nitro groups is 1. The second-order valence-electron chi connectivity index (χ2n) is 6.99. The molecule has 2 N–H and O–H groups in total. The summed E-state index contributed by atoms with van der Waals surface area (Å²) in [6.07, 6.45) is 1.85. The molecule has 0 radical (unpaired) electrons. The monoisotopic (exact) mass is 348 g/mol. The molecule has 0 saturated carbocycles. The fourth-order valence-electron chi connectivity index (χ4n) is 3.13. The van der Waals surface area contributed by atoms with E-state index >= 15 is 0 Å². The molecule has 0 aromatic heterocycles. The highest BCUT2D eigenvalue weighted by Crippen LogP contribution is 2.18. The van der Waals surface area contributed by atoms with Crippen molar-refractivity contribution in [3.8, 4) is 0 Å². The minimum absolute atomic E-state index is 0.0719. The predicted molar refractivity (Wildman–Crippen MR) is 98.6 cm³/mol. The van der Waals surface area contributed by atoms with Crippen molar-refractivity contribution in [3.05, 3.63) is 34.4 Å². The molecule has 7 nitrogen and oxygen atoms in total. The Bertz CT molecular complexity index is 566. The van der Waals surface area contributed by atoms with Gasteiger partial charge in [0.25, 0.3) is 5.69 Å². The fraction of sp³-hybridized carbons (Fsp3) is 0.611. The summed E-state index contributed by atoms with van der Waals surface area (Å²) in [5.41, 5.74) is 0.879. The lowest BCUT2D eigenvalue weighted by Gasteiger charge is -2.32. The van der Waals surface area contributed by atoms with Crippen molar-refractivity contribution in [2.45, 2.75) is 26.7 Å². The van der Waals surface area contributed by atoms with Crippen LogP contribution >= 0.6 is 0 Å². The number of benzene rings is 1. The number of likely N-dealkylation sites (tertiary alicyclic amines) is 1. The summed E-state index contributed by atoms with van der Waals surface area (Å²) >= 11 is 0. The summed E-state index contributed by atoms with van der Waals surface area (Å²) in [6, 6.07) is 6.27. The standard InChI is InChI=1S/C18H28N4O3/c1-14(2)13-21-11-7-15(8-12-21)18(23)20-10-9-19-16-3-5-17(6-4-16)22(24)25/h3-6,14-15,19H,7-13H2,1-2H3,(H,20,23). The van der Waals surface area contributed by atoms with Gasteiger partial charge in [-0.25, -0.2) is 0 Å². The largest absolute Gasteiger partial charge is 0.383 e. The van der Waals surface area contributed by atoms with Gasteiger partial charge in [0.2, 0.25) is 5.91 Å². The number of carbonyl (C=O) groups excluding carboxylic acids is 1. The maximum Gasteiger partial charge on any atom is 0.269 e. The van der Waals surface area contributed by atoms with E-state index in [1.807, 2.05) is 0 Å². The topological polar surface area (TPSA) is 87.5 Å². The first-order valence-electron chi connectivity index (χ1n) is 8.94. The third kappa shape index (κ3) is 6.34. The Morgan fingerprint density at radius 1 is 1.24 bits per heavy atom. The summed E-state index contributed by atoms with van der Waals surface area (Å²) in [7, 11) is 0. The molecule has 7 heteroatoms. The highest BCUT2D eigenvalue weighted by Gasteiger charge is 2.24. The summed E-state index contributed by atoms with van der Waals surface area (Å²) in [5, 5.41) is 16.7. The van der Waals surface area contributed by atoms with Gasteiger partial charge in [-0.15, -0.1) is 0 Å². The molecule has 25 heavy (non-hydrogen) atoms. The van der Waals surface area contributed by atoms with Crippen LogP contribution in [-0.2, 0) is 4.79 Å². The van der Waals surface area contributed by atoms with Gasteiger partial charge in [0.15, 0.2) is 0 Å². The molecule has 1 saturated heterocycles. The van der Waals surface area contributed by atoms with E-state index in [-0.39, 0.29) is 17.5 Å². The zero-order valence-corrected chi connectivity index (χ0v) is 15.0. The number of carbonyl (C=O) groups is 1. The number of nitro benzene ring substituents is 1. The Hall–Kier alpha value is -2.15.